The van der Waals surface area contributed by atoms with Gasteiger partial charge in [-0.3, -0.25) is 0 Å². The molecule has 21 heavy (non-hydrogen) atoms. The van der Waals surface area contributed by atoms with Crippen LogP contribution in [0.15, 0.2) is 17.0 Å². The van der Waals surface area contributed by atoms with E-state index in [0.717, 1.165) is 30.4 Å². The number of anilines is 1. The molecule has 3 atom stereocenters. The number of hydrogen-bond acceptors (Lipinski definition) is 3. The van der Waals surface area contributed by atoms with Gasteiger partial charge in [-0.25, -0.2) is 13.1 Å². The van der Waals surface area contributed by atoms with Crippen molar-refractivity contribution in [1.29, 1.82) is 0 Å². The maximum atomic E-state index is 12.6. The average molecular weight is 310 g/mol. The van der Waals surface area contributed by atoms with Crippen molar-refractivity contribution in [1.82, 2.24) is 4.72 Å². The first-order valence-electron chi connectivity index (χ1n) is 7.65. The Labute approximate surface area is 128 Å². The van der Waals surface area contributed by atoms with Gasteiger partial charge in [-0.05, 0) is 61.8 Å². The summed E-state index contributed by atoms with van der Waals surface area (Å²) in [5.74, 6) is 0.996. The zero-order valence-corrected chi connectivity index (χ0v) is 14.1. The third-order valence-electron chi connectivity index (χ3n) is 5.05. The summed E-state index contributed by atoms with van der Waals surface area (Å²) >= 11 is 0. The van der Waals surface area contributed by atoms with Crippen LogP contribution in [0.5, 0.6) is 0 Å². The molecule has 5 heteroatoms. The highest BCUT2D eigenvalue weighted by molar-refractivity contribution is 7.89. The Hall–Kier alpha value is -1.07. The molecule has 1 aromatic rings. The Morgan fingerprint density at radius 2 is 1.95 bits per heavy atom. The van der Waals surface area contributed by atoms with Crippen molar-refractivity contribution in [3.8, 4) is 0 Å². The van der Waals surface area contributed by atoms with Gasteiger partial charge in [-0.1, -0.05) is 20.3 Å². The Kier molecular flexibility index (Phi) is 4.63. The predicted octanol–water partition coefficient (Wildman–Crippen LogP) is 2.99. The molecule has 1 aliphatic carbocycles. The largest absolute Gasteiger partial charge is 0.398 e. The van der Waals surface area contributed by atoms with E-state index >= 15 is 0 Å². The lowest BCUT2D eigenvalue weighted by atomic mass is 9.94. The third kappa shape index (κ3) is 3.24. The third-order valence-corrected chi connectivity index (χ3v) is 6.52. The van der Waals surface area contributed by atoms with Crippen LogP contribution >= 0.6 is 0 Å². The van der Waals surface area contributed by atoms with Crippen LogP contribution in [0, 0.1) is 25.7 Å². The van der Waals surface area contributed by atoms with Gasteiger partial charge < -0.3 is 5.73 Å². The molecule has 1 aromatic carbocycles. The van der Waals surface area contributed by atoms with Crippen molar-refractivity contribution in [2.24, 2.45) is 11.8 Å². The van der Waals surface area contributed by atoms with Gasteiger partial charge in [0, 0.05) is 11.7 Å². The number of nitrogen functional groups attached to an aromatic ring is 1. The highest BCUT2D eigenvalue weighted by atomic mass is 32.2. The molecule has 0 radical (unpaired) electrons. The smallest absolute Gasteiger partial charge is 0.240 e. The minimum atomic E-state index is -3.50. The van der Waals surface area contributed by atoms with E-state index in [1.54, 1.807) is 12.1 Å². The van der Waals surface area contributed by atoms with E-state index in [1.807, 2.05) is 13.8 Å². The van der Waals surface area contributed by atoms with Crippen LogP contribution in [0.2, 0.25) is 0 Å². The normalized spacial score (nSPS) is 26.2. The standard InChI is InChI=1S/C16H26N2O2S/c1-5-13-6-7-16(12(13)4)18-21(19,20)14-8-10(2)11(3)15(17)9-14/h8-9,12-13,16,18H,5-7,17H2,1-4H3. The lowest BCUT2D eigenvalue weighted by Crippen LogP contribution is -2.37. The first kappa shape index (κ1) is 16.3. The minimum absolute atomic E-state index is 0.0304. The molecule has 2 rings (SSSR count). The molecular weight excluding hydrogens is 284 g/mol. The van der Waals surface area contributed by atoms with Gasteiger partial charge in [0.05, 0.1) is 4.90 Å². The van der Waals surface area contributed by atoms with Gasteiger partial charge >= 0.3 is 0 Å². The molecule has 3 N–H and O–H groups in total. The molecule has 0 saturated heterocycles. The molecule has 0 aromatic heterocycles. The second kappa shape index (κ2) is 5.97. The second-order valence-electron chi connectivity index (χ2n) is 6.29. The Bertz CT molecular complexity index is 602. The van der Waals surface area contributed by atoms with Gasteiger partial charge in [0.2, 0.25) is 10.0 Å². The Morgan fingerprint density at radius 1 is 1.29 bits per heavy atom. The van der Waals surface area contributed by atoms with E-state index in [0.29, 0.717) is 17.5 Å². The van der Waals surface area contributed by atoms with E-state index < -0.39 is 10.0 Å². The summed E-state index contributed by atoms with van der Waals surface area (Å²) in [4.78, 5) is 0.273. The molecular formula is C16H26N2O2S. The molecule has 0 heterocycles. The van der Waals surface area contributed by atoms with Crippen LogP contribution in [0.1, 0.15) is 44.2 Å². The highest BCUT2D eigenvalue weighted by Crippen LogP contribution is 2.34. The van der Waals surface area contributed by atoms with Crippen LogP contribution in [-0.4, -0.2) is 14.5 Å². The number of benzene rings is 1. The fourth-order valence-electron chi connectivity index (χ4n) is 3.27. The fourth-order valence-corrected chi connectivity index (χ4v) is 4.75. The number of aryl methyl sites for hydroxylation is 1. The van der Waals surface area contributed by atoms with Gasteiger partial charge in [-0.15, -0.1) is 0 Å². The number of hydrogen-bond donors (Lipinski definition) is 2. The summed E-state index contributed by atoms with van der Waals surface area (Å²) in [7, 11) is -3.50. The van der Waals surface area contributed by atoms with E-state index in [4.69, 9.17) is 5.73 Å². The maximum Gasteiger partial charge on any atom is 0.240 e. The fraction of sp³-hybridized carbons (Fsp3) is 0.625. The molecule has 1 saturated carbocycles. The van der Waals surface area contributed by atoms with Crippen LogP contribution in [0.4, 0.5) is 5.69 Å². The molecule has 0 aliphatic heterocycles. The Balaban J connectivity index is 2.24. The van der Waals surface area contributed by atoms with Crippen molar-refractivity contribution in [2.45, 2.75) is 57.9 Å². The first-order valence-corrected chi connectivity index (χ1v) is 9.13. The number of nitrogens with one attached hydrogen (secondary N) is 1. The lowest BCUT2D eigenvalue weighted by molar-refractivity contribution is 0.368. The van der Waals surface area contributed by atoms with E-state index in [-0.39, 0.29) is 10.9 Å². The molecule has 1 fully saturated rings. The molecule has 4 nitrogen and oxygen atoms in total. The van der Waals surface area contributed by atoms with Crippen molar-refractivity contribution < 1.29 is 8.42 Å². The quantitative estimate of drug-likeness (QED) is 0.840. The SMILES string of the molecule is CCC1CCC(NS(=O)(=O)c2cc(C)c(C)c(N)c2)C1C. The van der Waals surface area contributed by atoms with Crippen LogP contribution in [0.25, 0.3) is 0 Å². The maximum absolute atomic E-state index is 12.6. The van der Waals surface area contributed by atoms with Gasteiger partial charge in [0.1, 0.15) is 0 Å². The van der Waals surface area contributed by atoms with Gasteiger partial charge in [0.25, 0.3) is 0 Å². The zero-order valence-electron chi connectivity index (χ0n) is 13.3. The zero-order chi connectivity index (χ0) is 15.8. The summed E-state index contributed by atoms with van der Waals surface area (Å²) in [6, 6.07) is 3.29. The molecule has 0 spiro atoms. The molecule has 0 amide bonds. The van der Waals surface area contributed by atoms with Crippen molar-refractivity contribution >= 4 is 15.7 Å². The predicted molar refractivity (Wildman–Crippen MR) is 86.6 cm³/mol. The summed E-state index contributed by atoms with van der Waals surface area (Å²) in [5, 5.41) is 0. The topological polar surface area (TPSA) is 72.2 Å². The van der Waals surface area contributed by atoms with Crippen LogP contribution in [0.3, 0.4) is 0 Å². The molecule has 1 aliphatic rings. The summed E-state index contributed by atoms with van der Waals surface area (Å²) in [6.07, 6.45) is 3.12. The van der Waals surface area contributed by atoms with Gasteiger partial charge in [0.15, 0.2) is 0 Å². The van der Waals surface area contributed by atoms with Crippen molar-refractivity contribution in [3.63, 3.8) is 0 Å². The minimum Gasteiger partial charge on any atom is -0.398 e. The molecule has 3 unspecified atom stereocenters. The monoisotopic (exact) mass is 310 g/mol. The van der Waals surface area contributed by atoms with Crippen molar-refractivity contribution in [2.75, 3.05) is 5.73 Å². The van der Waals surface area contributed by atoms with Crippen molar-refractivity contribution in [3.05, 3.63) is 23.3 Å². The van der Waals surface area contributed by atoms with Gasteiger partial charge in [-0.2, -0.15) is 0 Å². The van der Waals surface area contributed by atoms with Crippen LogP contribution < -0.4 is 10.5 Å². The summed E-state index contributed by atoms with van der Waals surface area (Å²) in [5.41, 5.74) is 8.28. The Morgan fingerprint density at radius 3 is 2.48 bits per heavy atom. The van der Waals surface area contributed by atoms with Crippen LogP contribution in [-0.2, 0) is 10.0 Å². The second-order valence-corrected chi connectivity index (χ2v) is 8.00. The molecule has 0 bridgehead atoms. The van der Waals surface area contributed by atoms with E-state index in [1.165, 1.54) is 0 Å². The number of nitrogens with two attached hydrogens (primary N) is 1. The number of rotatable bonds is 4. The lowest BCUT2D eigenvalue weighted by Gasteiger charge is -2.21. The highest BCUT2D eigenvalue weighted by Gasteiger charge is 2.34. The average Bonchev–Trinajstić information content (AvgIpc) is 2.75. The number of sulfonamides is 1. The summed E-state index contributed by atoms with van der Waals surface area (Å²) < 4.78 is 28.0. The van der Waals surface area contributed by atoms with E-state index in [9.17, 15) is 8.42 Å². The molecule has 118 valence electrons. The van der Waals surface area contributed by atoms with E-state index in [2.05, 4.69) is 18.6 Å². The first-order chi connectivity index (χ1) is 9.76. The summed E-state index contributed by atoms with van der Waals surface area (Å²) in [6.45, 7) is 8.10.